The molecule has 1 atom stereocenters. The first-order valence-corrected chi connectivity index (χ1v) is 6.93. The first kappa shape index (κ1) is 15.8. The molecule has 2 rings (SSSR count). The molecular weight excluding hydrogens is 284 g/mol. The summed E-state index contributed by atoms with van der Waals surface area (Å²) in [6, 6.07) is 9.61. The van der Waals surface area contributed by atoms with Gasteiger partial charge in [-0.1, -0.05) is 19.1 Å². The SMILES string of the molecule is CC[C@@H](C(=O)OC)n1nc(-c2ccccc2OC)ccc1=O. The minimum atomic E-state index is -0.743. The van der Waals surface area contributed by atoms with Crippen molar-refractivity contribution >= 4 is 5.97 Å². The number of hydrogen-bond donors (Lipinski definition) is 0. The van der Waals surface area contributed by atoms with Gasteiger partial charge in [0.2, 0.25) is 0 Å². The fraction of sp³-hybridized carbons (Fsp3) is 0.312. The van der Waals surface area contributed by atoms with Crippen molar-refractivity contribution in [2.45, 2.75) is 19.4 Å². The molecule has 1 aromatic heterocycles. The summed E-state index contributed by atoms with van der Waals surface area (Å²) in [7, 11) is 2.86. The van der Waals surface area contributed by atoms with Gasteiger partial charge in [-0.2, -0.15) is 5.10 Å². The number of rotatable bonds is 5. The highest BCUT2D eigenvalue weighted by Gasteiger charge is 2.22. The fourth-order valence-electron chi connectivity index (χ4n) is 2.22. The van der Waals surface area contributed by atoms with Crippen LogP contribution in [0.5, 0.6) is 5.75 Å². The highest BCUT2D eigenvalue weighted by molar-refractivity contribution is 5.74. The second kappa shape index (κ2) is 6.89. The minimum absolute atomic E-state index is 0.351. The van der Waals surface area contributed by atoms with Crippen LogP contribution in [0, 0.1) is 0 Å². The molecule has 0 aliphatic rings. The molecule has 0 aliphatic heterocycles. The van der Waals surface area contributed by atoms with Gasteiger partial charge >= 0.3 is 5.97 Å². The average Bonchev–Trinajstić information content (AvgIpc) is 2.56. The Kier molecular flexibility index (Phi) is 4.93. The topological polar surface area (TPSA) is 70.4 Å². The largest absolute Gasteiger partial charge is 0.496 e. The summed E-state index contributed by atoms with van der Waals surface area (Å²) in [6.45, 7) is 1.80. The van der Waals surface area contributed by atoms with Gasteiger partial charge in [-0.25, -0.2) is 9.48 Å². The molecule has 0 fully saturated rings. The summed E-state index contributed by atoms with van der Waals surface area (Å²) in [5.41, 5.74) is 0.953. The smallest absolute Gasteiger partial charge is 0.330 e. The summed E-state index contributed by atoms with van der Waals surface area (Å²) < 4.78 is 11.2. The van der Waals surface area contributed by atoms with E-state index in [4.69, 9.17) is 9.47 Å². The molecule has 0 saturated carbocycles. The standard InChI is InChI=1S/C16H18N2O4/c1-4-13(16(20)22-3)18-15(19)10-9-12(17-18)11-7-5-6-8-14(11)21-2/h5-10,13H,4H2,1-3H3/t13-/m0/s1. The summed E-state index contributed by atoms with van der Waals surface area (Å²) >= 11 is 0. The highest BCUT2D eigenvalue weighted by atomic mass is 16.5. The van der Waals surface area contributed by atoms with E-state index in [1.54, 1.807) is 20.1 Å². The molecule has 1 aromatic carbocycles. The van der Waals surface area contributed by atoms with E-state index in [1.165, 1.54) is 13.2 Å². The van der Waals surface area contributed by atoms with Crippen LogP contribution in [-0.4, -0.2) is 30.0 Å². The number of methoxy groups -OCH3 is 2. The van der Waals surface area contributed by atoms with Crippen molar-refractivity contribution in [3.05, 3.63) is 46.8 Å². The van der Waals surface area contributed by atoms with Crippen molar-refractivity contribution in [2.75, 3.05) is 14.2 Å². The fourth-order valence-corrected chi connectivity index (χ4v) is 2.22. The van der Waals surface area contributed by atoms with Crippen LogP contribution >= 0.6 is 0 Å². The second-order valence-electron chi connectivity index (χ2n) is 4.65. The quantitative estimate of drug-likeness (QED) is 0.790. The average molecular weight is 302 g/mol. The second-order valence-corrected chi connectivity index (χ2v) is 4.65. The number of nitrogens with zero attached hydrogens (tertiary/aromatic N) is 2. The maximum Gasteiger partial charge on any atom is 0.330 e. The molecule has 0 radical (unpaired) electrons. The lowest BCUT2D eigenvalue weighted by atomic mass is 10.1. The van der Waals surface area contributed by atoms with Gasteiger partial charge in [-0.15, -0.1) is 0 Å². The third-order valence-corrected chi connectivity index (χ3v) is 3.36. The van der Waals surface area contributed by atoms with Crippen molar-refractivity contribution in [1.29, 1.82) is 0 Å². The third-order valence-electron chi connectivity index (χ3n) is 3.36. The Bertz CT molecular complexity index is 724. The Morgan fingerprint density at radius 1 is 1.23 bits per heavy atom. The summed E-state index contributed by atoms with van der Waals surface area (Å²) in [5.74, 6) is 0.153. The molecule has 1 heterocycles. The van der Waals surface area contributed by atoms with Crippen LogP contribution in [0.1, 0.15) is 19.4 Å². The van der Waals surface area contributed by atoms with Crippen molar-refractivity contribution < 1.29 is 14.3 Å². The lowest BCUT2D eigenvalue weighted by Gasteiger charge is -2.16. The van der Waals surface area contributed by atoms with E-state index in [0.29, 0.717) is 17.9 Å². The van der Waals surface area contributed by atoms with Gasteiger partial charge < -0.3 is 9.47 Å². The van der Waals surface area contributed by atoms with Crippen LogP contribution in [0.15, 0.2) is 41.2 Å². The predicted molar refractivity (Wildman–Crippen MR) is 81.8 cm³/mol. The Hall–Kier alpha value is -2.63. The predicted octanol–water partition coefficient (Wildman–Crippen LogP) is 2.04. The zero-order valence-electron chi connectivity index (χ0n) is 12.8. The van der Waals surface area contributed by atoms with Gasteiger partial charge in [-0.3, -0.25) is 4.79 Å². The van der Waals surface area contributed by atoms with Gasteiger partial charge in [0.25, 0.3) is 5.56 Å². The van der Waals surface area contributed by atoms with E-state index in [2.05, 4.69) is 5.10 Å². The van der Waals surface area contributed by atoms with Crippen LogP contribution in [-0.2, 0) is 9.53 Å². The van der Waals surface area contributed by atoms with Gasteiger partial charge in [0, 0.05) is 11.6 Å². The molecule has 0 unspecified atom stereocenters. The summed E-state index contributed by atoms with van der Waals surface area (Å²) in [5, 5.41) is 4.31. The normalized spacial score (nSPS) is 11.8. The maximum absolute atomic E-state index is 12.0. The monoisotopic (exact) mass is 302 g/mol. The molecule has 0 saturated heterocycles. The number of benzene rings is 1. The van der Waals surface area contributed by atoms with E-state index in [1.807, 2.05) is 24.3 Å². The van der Waals surface area contributed by atoms with Crippen LogP contribution in [0.25, 0.3) is 11.3 Å². The van der Waals surface area contributed by atoms with Crippen LogP contribution in [0.2, 0.25) is 0 Å². The Morgan fingerprint density at radius 2 is 1.95 bits per heavy atom. The third kappa shape index (κ3) is 3.00. The molecule has 116 valence electrons. The van der Waals surface area contributed by atoms with Crippen molar-refractivity contribution in [2.24, 2.45) is 0 Å². The Labute approximate surface area is 128 Å². The Balaban J connectivity index is 2.55. The zero-order chi connectivity index (χ0) is 16.1. The lowest BCUT2D eigenvalue weighted by Crippen LogP contribution is -2.32. The molecule has 0 amide bonds. The van der Waals surface area contributed by atoms with E-state index >= 15 is 0 Å². The molecule has 0 bridgehead atoms. The Morgan fingerprint density at radius 3 is 2.59 bits per heavy atom. The molecule has 22 heavy (non-hydrogen) atoms. The minimum Gasteiger partial charge on any atom is -0.496 e. The van der Waals surface area contributed by atoms with Gasteiger partial charge in [-0.05, 0) is 24.6 Å². The number of aromatic nitrogens is 2. The van der Waals surface area contributed by atoms with Crippen molar-refractivity contribution in [3.63, 3.8) is 0 Å². The van der Waals surface area contributed by atoms with Crippen LogP contribution in [0.4, 0.5) is 0 Å². The van der Waals surface area contributed by atoms with Crippen LogP contribution in [0.3, 0.4) is 0 Å². The maximum atomic E-state index is 12.0. The zero-order valence-corrected chi connectivity index (χ0v) is 12.8. The molecule has 6 heteroatoms. The van der Waals surface area contributed by atoms with Gasteiger partial charge in [0.15, 0.2) is 6.04 Å². The first-order chi connectivity index (χ1) is 10.6. The van der Waals surface area contributed by atoms with E-state index in [-0.39, 0.29) is 5.56 Å². The molecule has 0 N–H and O–H groups in total. The van der Waals surface area contributed by atoms with E-state index < -0.39 is 12.0 Å². The number of esters is 1. The number of para-hydroxylation sites is 1. The van der Waals surface area contributed by atoms with E-state index in [0.717, 1.165) is 10.2 Å². The molecule has 0 spiro atoms. The van der Waals surface area contributed by atoms with E-state index in [9.17, 15) is 9.59 Å². The van der Waals surface area contributed by atoms with Gasteiger partial charge in [0.1, 0.15) is 5.75 Å². The first-order valence-electron chi connectivity index (χ1n) is 6.93. The lowest BCUT2D eigenvalue weighted by molar-refractivity contribution is -0.145. The highest BCUT2D eigenvalue weighted by Crippen LogP contribution is 2.27. The number of hydrogen-bond acceptors (Lipinski definition) is 5. The molecule has 2 aromatic rings. The number of carbonyl (C=O) groups is 1. The van der Waals surface area contributed by atoms with Crippen LogP contribution < -0.4 is 10.3 Å². The molecule has 6 nitrogen and oxygen atoms in total. The van der Waals surface area contributed by atoms with Crippen molar-refractivity contribution in [3.8, 4) is 17.0 Å². The van der Waals surface area contributed by atoms with Gasteiger partial charge in [0.05, 0.1) is 19.9 Å². The summed E-state index contributed by atoms with van der Waals surface area (Å²) in [6.07, 6.45) is 0.412. The van der Waals surface area contributed by atoms with Crippen molar-refractivity contribution in [1.82, 2.24) is 9.78 Å². The molecular formula is C16H18N2O4. The molecule has 0 aliphatic carbocycles. The number of carbonyl (C=O) groups excluding carboxylic acids is 1. The summed E-state index contributed by atoms with van der Waals surface area (Å²) in [4.78, 5) is 23.9. The number of ether oxygens (including phenoxy) is 2.